The van der Waals surface area contributed by atoms with Crippen LogP contribution in [0.2, 0.25) is 0 Å². The van der Waals surface area contributed by atoms with Crippen LogP contribution in [0.1, 0.15) is 0 Å². The molecular weight excluding hydrogens is 120 g/mol. The van der Waals surface area contributed by atoms with Gasteiger partial charge in [0.2, 0.25) is 1.43 Å². The Morgan fingerprint density at radius 3 is 1.50 bits per heavy atom. The van der Waals surface area contributed by atoms with E-state index in [4.69, 9.17) is 20.9 Å². The van der Waals surface area contributed by atoms with Crippen molar-refractivity contribution in [2.24, 2.45) is 0 Å². The number of carbonyl (C=O) groups excluding carboxylic acids is 2. The van der Waals surface area contributed by atoms with E-state index < -0.39 is 0 Å². The van der Waals surface area contributed by atoms with Gasteiger partial charge in [-0.15, -0.1) is 0 Å². The molecule has 0 unspecified atom stereocenters. The fourth-order valence-corrected chi connectivity index (χ4v) is 0. The van der Waals surface area contributed by atoms with E-state index in [1.807, 2.05) is 0 Å². The van der Waals surface area contributed by atoms with Gasteiger partial charge in [-0.1, -0.05) is 0 Å². The van der Waals surface area contributed by atoms with Crippen molar-refractivity contribution in [3.63, 3.8) is 0 Å². The van der Waals surface area contributed by atoms with Crippen LogP contribution in [0.3, 0.4) is 0 Å². The Bertz CT molecular complexity index is 49.0. The number of aliphatic hydroxyl groups is 1. The highest BCUT2D eigenvalue weighted by Crippen LogP contribution is 0.787. The molecule has 0 aliphatic rings. The predicted octanol–water partition coefficient (Wildman–Crippen LogP) is -1.73. The van der Waals surface area contributed by atoms with Gasteiger partial charge in [-0.3, -0.25) is 0 Å². The SMILES string of the molecule is O.O=C=O.O=O.[3H]OC. The molecule has 0 amide bonds. The standard InChI is InChI=1S/CO2.CH4O.O2.H2O/c2-1-3;2*1-2;/h;2H,1H3;;1H2/i;2T;;. The second kappa shape index (κ2) is 14200. The molecule has 0 heterocycles. The highest BCUT2D eigenvalue weighted by atomic mass is 16.7. The molecule has 0 atom stereocenters. The van der Waals surface area contributed by atoms with Crippen LogP contribution in [0.5, 0.6) is 0 Å². The molecular formula is C2H6O6. The average Bonchev–Trinajstić information content (AvgIpc) is 1.75. The van der Waals surface area contributed by atoms with Gasteiger partial charge in [0.05, 0.1) is 0 Å². The van der Waals surface area contributed by atoms with Crippen LogP contribution >= 0.6 is 0 Å². The predicted molar refractivity (Wildman–Crippen MR) is 23.5 cm³/mol. The molecule has 50 valence electrons. The molecule has 0 aromatic rings. The summed E-state index contributed by atoms with van der Waals surface area (Å²) in [5, 5.41) is 3.50. The average molecular weight is 128 g/mol. The molecule has 0 saturated heterocycles. The molecule has 0 radical (unpaired) electrons. The first-order valence-electron chi connectivity index (χ1n) is 1.39. The second-order valence-electron chi connectivity index (χ2n) is 0.0833. The summed E-state index contributed by atoms with van der Waals surface area (Å²) in [6, 6.07) is 0. The van der Waals surface area contributed by atoms with E-state index in [2.05, 4.69) is 5.11 Å². The molecule has 6 nitrogen and oxygen atoms in total. The third-order valence-corrected chi connectivity index (χ3v) is 0. The first-order chi connectivity index (χ1) is 3.83. The Hall–Kier alpha value is -1.10. The summed E-state index contributed by atoms with van der Waals surface area (Å²) in [5.74, 6) is 0. The maximum Gasteiger partial charge on any atom is 0.373 e. The zero-order valence-corrected chi connectivity index (χ0v) is 4.04. The summed E-state index contributed by atoms with van der Waals surface area (Å²) < 4.78 is 5.71. The van der Waals surface area contributed by atoms with E-state index in [0.29, 0.717) is 0 Å². The van der Waals surface area contributed by atoms with Crippen LogP contribution < -0.4 is 0 Å². The van der Waals surface area contributed by atoms with Crippen LogP contribution in [0.25, 0.3) is 0 Å². The smallest absolute Gasteiger partial charge is 0.373 e. The summed E-state index contributed by atoms with van der Waals surface area (Å²) in [5.41, 5.74) is 0. The third kappa shape index (κ3) is 61.6. The lowest BCUT2D eigenvalue weighted by Crippen LogP contribution is -1.25. The van der Waals surface area contributed by atoms with Crippen molar-refractivity contribution in [1.82, 2.24) is 0 Å². The summed E-state index contributed by atoms with van der Waals surface area (Å²) in [4.78, 5) is 30.2. The molecule has 0 aromatic heterocycles. The quantitative estimate of drug-likeness (QED) is 0.415. The Labute approximate surface area is 46.1 Å². The Kier molecular flexibility index (Phi) is 28000. The van der Waals surface area contributed by atoms with Crippen LogP contribution in [0.4, 0.5) is 0 Å². The number of hydrogen-bond acceptors (Lipinski definition) is 5. The van der Waals surface area contributed by atoms with E-state index >= 15 is 0 Å². The lowest BCUT2D eigenvalue weighted by atomic mass is 11.8. The summed E-state index contributed by atoms with van der Waals surface area (Å²) in [6.45, 7) is 0. The number of hydrogen-bond donors (Lipinski definition) is 1. The Morgan fingerprint density at radius 2 is 1.50 bits per heavy atom. The van der Waals surface area contributed by atoms with Gasteiger partial charge in [0.1, 0.15) is 0 Å². The minimum absolute atomic E-state index is 0. The van der Waals surface area contributed by atoms with Crippen molar-refractivity contribution in [2.45, 2.75) is 0 Å². The summed E-state index contributed by atoms with van der Waals surface area (Å²) in [6.07, 6.45) is 0.250. The third-order valence-electron chi connectivity index (χ3n) is 0. The van der Waals surface area contributed by atoms with Gasteiger partial charge in [-0.2, -0.15) is 9.59 Å². The monoisotopic (exact) mass is 128 g/mol. The molecule has 3 N–H and O–H groups in total. The van der Waals surface area contributed by atoms with Crippen molar-refractivity contribution in [3.8, 4) is 0 Å². The van der Waals surface area contributed by atoms with Crippen molar-refractivity contribution in [1.29, 1.82) is 1.43 Å². The fraction of sp³-hybridized carbons (Fsp3) is 0.500. The van der Waals surface area contributed by atoms with Crippen molar-refractivity contribution < 1.29 is 20.2 Å². The molecule has 0 aliphatic heterocycles. The van der Waals surface area contributed by atoms with E-state index in [9.17, 15) is 0 Å². The van der Waals surface area contributed by atoms with E-state index in [1.54, 1.807) is 0 Å². The van der Waals surface area contributed by atoms with Crippen LogP contribution in [0.15, 0.2) is 0 Å². The second-order valence-corrected chi connectivity index (χ2v) is 0.0833. The maximum absolute atomic E-state index is 8.12. The zero-order chi connectivity index (χ0) is 7.41. The largest absolute Gasteiger partial charge is 0.412 e. The topological polar surface area (TPSA) is 120 Å². The molecule has 0 aromatic carbocycles. The lowest BCUT2D eigenvalue weighted by Gasteiger charge is -1.21. The fourth-order valence-electron chi connectivity index (χ4n) is 0. The van der Waals surface area contributed by atoms with Crippen LogP contribution in [-0.4, -0.2) is 25.3 Å². The van der Waals surface area contributed by atoms with Gasteiger partial charge in [0.15, 0.2) is 0 Å². The van der Waals surface area contributed by atoms with Crippen molar-refractivity contribution in [2.75, 3.05) is 7.11 Å². The normalized spacial score (nSPS) is 3.88. The Balaban J connectivity index is -0.0000000202. The minimum Gasteiger partial charge on any atom is -0.412 e. The molecule has 0 aliphatic carbocycles. The maximum atomic E-state index is 8.12. The van der Waals surface area contributed by atoms with Crippen molar-refractivity contribution >= 4 is 6.15 Å². The summed E-state index contributed by atoms with van der Waals surface area (Å²) in [7, 11) is 1.29. The lowest BCUT2D eigenvalue weighted by molar-refractivity contribution is -0.191. The molecule has 0 saturated carbocycles. The zero-order valence-electron chi connectivity index (χ0n) is 5.04. The van der Waals surface area contributed by atoms with Gasteiger partial charge in [0, 0.05) is 17.0 Å². The first kappa shape index (κ1) is 15.8. The van der Waals surface area contributed by atoms with Crippen LogP contribution in [-0.2, 0) is 9.59 Å². The minimum atomic E-state index is 0. The van der Waals surface area contributed by atoms with Gasteiger partial charge in [-0.05, 0) is 0 Å². The number of rotatable bonds is 0. The van der Waals surface area contributed by atoms with Gasteiger partial charge < -0.3 is 10.6 Å². The molecule has 0 rings (SSSR count). The molecule has 0 spiro atoms. The van der Waals surface area contributed by atoms with E-state index in [0.717, 1.165) is 0 Å². The van der Waals surface area contributed by atoms with Crippen molar-refractivity contribution in [3.05, 3.63) is 9.93 Å². The van der Waals surface area contributed by atoms with Gasteiger partial charge in [-0.25, -0.2) is 0 Å². The first-order valence-corrected chi connectivity index (χ1v) is 0.983. The highest BCUT2D eigenvalue weighted by Gasteiger charge is 1.13. The summed E-state index contributed by atoms with van der Waals surface area (Å²) >= 11 is 0. The van der Waals surface area contributed by atoms with E-state index in [1.165, 1.54) is 7.11 Å². The molecule has 6 heteroatoms. The Morgan fingerprint density at radius 1 is 1.50 bits per heavy atom. The highest BCUT2D eigenvalue weighted by molar-refractivity contribution is 5.20. The van der Waals surface area contributed by atoms with Crippen LogP contribution in [0, 0.1) is 9.93 Å². The van der Waals surface area contributed by atoms with Gasteiger partial charge in [0.25, 0.3) is 0 Å². The molecule has 0 bridgehead atoms. The van der Waals surface area contributed by atoms with E-state index in [-0.39, 0.29) is 11.6 Å². The number of aliphatic hydroxyl groups excluding tert-OH is 1. The van der Waals surface area contributed by atoms with Gasteiger partial charge >= 0.3 is 6.15 Å². The molecule has 0 fully saturated rings. The molecule has 8 heavy (non-hydrogen) atoms.